The van der Waals surface area contributed by atoms with Gasteiger partial charge in [0.15, 0.2) is 0 Å². The Labute approximate surface area is 76.2 Å². The van der Waals surface area contributed by atoms with E-state index in [9.17, 15) is 9.59 Å². The van der Waals surface area contributed by atoms with Crippen molar-refractivity contribution in [3.05, 3.63) is 34.2 Å². The molecule has 1 aromatic heterocycles. The largest absolute Gasteiger partial charge is 0.277 e. The number of hydrogen-bond acceptors (Lipinski definition) is 2. The molecule has 0 spiro atoms. The van der Waals surface area contributed by atoms with E-state index in [1.165, 1.54) is 10.7 Å². The summed E-state index contributed by atoms with van der Waals surface area (Å²) in [5.41, 5.74) is 2.96. The van der Waals surface area contributed by atoms with Gasteiger partial charge in [-0.05, 0) is 12.5 Å². The van der Waals surface area contributed by atoms with Gasteiger partial charge in [-0.15, -0.1) is 0 Å². The van der Waals surface area contributed by atoms with E-state index in [0.717, 1.165) is 18.5 Å². The average Bonchev–Trinajstić information content (AvgIpc) is 2.11. The summed E-state index contributed by atoms with van der Waals surface area (Å²) in [5, 5.41) is 0. The van der Waals surface area contributed by atoms with Crippen LogP contribution in [0.15, 0.2) is 23.0 Å². The molecule has 0 aliphatic carbocycles. The first-order valence-corrected chi connectivity index (χ1v) is 4.20. The smallest absolute Gasteiger partial charge is 0.269 e. The van der Waals surface area contributed by atoms with Crippen LogP contribution in [0, 0.1) is 0 Å². The van der Waals surface area contributed by atoms with E-state index >= 15 is 0 Å². The summed E-state index contributed by atoms with van der Waals surface area (Å²) >= 11 is 0. The van der Waals surface area contributed by atoms with Gasteiger partial charge < -0.3 is 0 Å². The lowest BCUT2D eigenvalue weighted by Crippen LogP contribution is -2.30. The van der Waals surface area contributed by atoms with Crippen molar-refractivity contribution in [2.75, 3.05) is 5.43 Å². The van der Waals surface area contributed by atoms with Crippen LogP contribution >= 0.6 is 0 Å². The molecule has 70 valence electrons. The Morgan fingerprint density at radius 3 is 2.92 bits per heavy atom. The predicted octanol–water partition coefficient (Wildman–Crippen LogP) is 0.501. The maximum atomic E-state index is 11.2. The maximum absolute atomic E-state index is 11.2. The number of hydrogen-bond donors (Lipinski definition) is 1. The van der Waals surface area contributed by atoms with Gasteiger partial charge in [-0.2, -0.15) is 0 Å². The zero-order valence-electron chi connectivity index (χ0n) is 7.49. The van der Waals surface area contributed by atoms with Crippen molar-refractivity contribution < 1.29 is 4.79 Å². The van der Waals surface area contributed by atoms with Gasteiger partial charge in [0.05, 0.1) is 0 Å². The maximum Gasteiger partial charge on any atom is 0.269 e. The van der Waals surface area contributed by atoms with E-state index in [1.54, 1.807) is 6.07 Å². The zero-order chi connectivity index (χ0) is 9.68. The van der Waals surface area contributed by atoms with Crippen LogP contribution in [0.2, 0.25) is 0 Å². The summed E-state index contributed by atoms with van der Waals surface area (Å²) in [6.07, 6.45) is 2.21. The Hall–Kier alpha value is -1.58. The molecule has 4 heteroatoms. The summed E-state index contributed by atoms with van der Waals surface area (Å²) in [6.45, 7) is 2.02. The number of rotatable bonds is 4. The summed E-state index contributed by atoms with van der Waals surface area (Å²) in [6, 6.07) is 4.92. The molecule has 0 bridgehead atoms. The van der Waals surface area contributed by atoms with Crippen molar-refractivity contribution in [1.82, 2.24) is 4.68 Å². The lowest BCUT2D eigenvalue weighted by molar-refractivity contribution is -0.106. The molecule has 0 atom stereocenters. The molecule has 13 heavy (non-hydrogen) atoms. The minimum Gasteiger partial charge on any atom is -0.277 e. The van der Waals surface area contributed by atoms with Gasteiger partial charge in [-0.25, -0.2) is 4.68 Å². The molecule has 1 rings (SSSR count). The second kappa shape index (κ2) is 4.45. The Morgan fingerprint density at radius 1 is 1.54 bits per heavy atom. The van der Waals surface area contributed by atoms with Crippen LogP contribution in [-0.4, -0.2) is 11.1 Å². The number of nitrogens with zero attached hydrogens (tertiary/aromatic N) is 1. The quantitative estimate of drug-likeness (QED) is 0.686. The summed E-state index contributed by atoms with van der Waals surface area (Å²) in [4.78, 5) is 21.5. The van der Waals surface area contributed by atoms with Crippen LogP contribution in [-0.2, 0) is 11.2 Å². The predicted molar refractivity (Wildman–Crippen MR) is 50.1 cm³/mol. The molecule has 0 saturated carbocycles. The van der Waals surface area contributed by atoms with Crippen molar-refractivity contribution >= 4 is 6.41 Å². The Kier molecular flexibility index (Phi) is 3.25. The van der Waals surface area contributed by atoms with E-state index in [0.29, 0.717) is 6.41 Å². The molecule has 4 nitrogen and oxygen atoms in total. The zero-order valence-corrected chi connectivity index (χ0v) is 7.49. The second-order valence-electron chi connectivity index (χ2n) is 2.69. The molecule has 0 aromatic carbocycles. The summed E-state index contributed by atoms with van der Waals surface area (Å²) in [7, 11) is 0. The summed E-state index contributed by atoms with van der Waals surface area (Å²) < 4.78 is 1.26. The van der Waals surface area contributed by atoms with Crippen LogP contribution < -0.4 is 11.0 Å². The van der Waals surface area contributed by atoms with Crippen molar-refractivity contribution in [2.45, 2.75) is 19.8 Å². The van der Waals surface area contributed by atoms with Crippen LogP contribution in [0.4, 0.5) is 0 Å². The van der Waals surface area contributed by atoms with Gasteiger partial charge in [0.1, 0.15) is 0 Å². The number of carbonyl (C=O) groups excluding carboxylic acids is 1. The van der Waals surface area contributed by atoms with Crippen molar-refractivity contribution in [1.29, 1.82) is 0 Å². The second-order valence-corrected chi connectivity index (χ2v) is 2.69. The van der Waals surface area contributed by atoms with E-state index in [-0.39, 0.29) is 5.56 Å². The minimum atomic E-state index is -0.210. The standard InChI is InChI=1S/C9H12N2O2/c1-2-4-8-5-3-6-9(13)11(8)10-7-12/h3,5-7H,2,4H2,1H3,(H,10,12). The number of pyridine rings is 1. The molecule has 0 saturated heterocycles. The number of carbonyl (C=O) groups is 1. The molecule has 1 amide bonds. The normalized spacial score (nSPS) is 9.62. The number of aromatic nitrogens is 1. The Balaban J connectivity index is 3.09. The first-order chi connectivity index (χ1) is 6.29. The molecule has 0 fully saturated rings. The number of aryl methyl sites for hydroxylation is 1. The molecule has 1 aromatic rings. The lowest BCUT2D eigenvalue weighted by atomic mass is 10.2. The van der Waals surface area contributed by atoms with E-state index in [4.69, 9.17) is 0 Å². The van der Waals surface area contributed by atoms with Crippen LogP contribution in [0.3, 0.4) is 0 Å². The molecule has 0 aliphatic rings. The number of amides is 1. The summed E-state index contributed by atoms with van der Waals surface area (Å²) in [5.74, 6) is 0. The highest BCUT2D eigenvalue weighted by atomic mass is 16.2. The van der Waals surface area contributed by atoms with Gasteiger partial charge in [0.2, 0.25) is 6.41 Å². The highest BCUT2D eigenvalue weighted by molar-refractivity contribution is 5.56. The SMILES string of the molecule is CCCc1cccc(=O)n1NC=O. The van der Waals surface area contributed by atoms with Gasteiger partial charge in [0, 0.05) is 11.8 Å². The first kappa shape index (κ1) is 9.51. The molecule has 0 unspecified atom stereocenters. The highest BCUT2D eigenvalue weighted by Gasteiger charge is 2.00. The van der Waals surface area contributed by atoms with Gasteiger partial charge in [-0.1, -0.05) is 19.4 Å². The molecule has 0 radical (unpaired) electrons. The third-order valence-corrected chi connectivity index (χ3v) is 1.72. The average molecular weight is 180 g/mol. The van der Waals surface area contributed by atoms with E-state index < -0.39 is 0 Å². The van der Waals surface area contributed by atoms with Gasteiger partial charge >= 0.3 is 0 Å². The molecule has 1 heterocycles. The topological polar surface area (TPSA) is 51.1 Å². The van der Waals surface area contributed by atoms with Crippen LogP contribution in [0.5, 0.6) is 0 Å². The first-order valence-electron chi connectivity index (χ1n) is 4.20. The molecule has 0 aliphatic heterocycles. The van der Waals surface area contributed by atoms with Gasteiger partial charge in [-0.3, -0.25) is 15.0 Å². The monoisotopic (exact) mass is 180 g/mol. The van der Waals surface area contributed by atoms with Crippen molar-refractivity contribution in [3.63, 3.8) is 0 Å². The fourth-order valence-electron chi connectivity index (χ4n) is 1.18. The fourth-order valence-corrected chi connectivity index (χ4v) is 1.18. The van der Waals surface area contributed by atoms with Crippen molar-refractivity contribution in [2.24, 2.45) is 0 Å². The fraction of sp³-hybridized carbons (Fsp3) is 0.333. The minimum absolute atomic E-state index is 0.210. The third-order valence-electron chi connectivity index (χ3n) is 1.72. The lowest BCUT2D eigenvalue weighted by Gasteiger charge is -2.08. The molecular formula is C9H12N2O2. The van der Waals surface area contributed by atoms with Crippen LogP contribution in [0.25, 0.3) is 0 Å². The Bertz CT molecular complexity index is 344. The van der Waals surface area contributed by atoms with Gasteiger partial charge in [0.25, 0.3) is 5.56 Å². The van der Waals surface area contributed by atoms with Crippen molar-refractivity contribution in [3.8, 4) is 0 Å². The highest BCUT2D eigenvalue weighted by Crippen LogP contribution is 1.97. The van der Waals surface area contributed by atoms with E-state index in [1.807, 2.05) is 13.0 Å². The Morgan fingerprint density at radius 2 is 2.31 bits per heavy atom. The number of nitrogens with one attached hydrogen (secondary N) is 1. The third kappa shape index (κ3) is 2.18. The molecular weight excluding hydrogens is 168 g/mol. The molecule has 1 N–H and O–H groups in total. The van der Waals surface area contributed by atoms with E-state index in [2.05, 4.69) is 5.43 Å². The van der Waals surface area contributed by atoms with Crippen LogP contribution in [0.1, 0.15) is 19.0 Å².